The van der Waals surface area contributed by atoms with Crippen molar-refractivity contribution in [3.8, 4) is 0 Å². The summed E-state index contributed by atoms with van der Waals surface area (Å²) in [6.45, 7) is 5.16. The lowest BCUT2D eigenvalue weighted by Crippen LogP contribution is -2.26. The van der Waals surface area contributed by atoms with Crippen molar-refractivity contribution in [2.24, 2.45) is 5.92 Å². The van der Waals surface area contributed by atoms with Gasteiger partial charge in [-0.1, -0.05) is 6.07 Å². The van der Waals surface area contributed by atoms with Crippen LogP contribution in [0, 0.1) is 5.92 Å². The number of nitrogens with one attached hydrogen (secondary N) is 1. The summed E-state index contributed by atoms with van der Waals surface area (Å²) in [5, 5.41) is 3.83. The Hall–Kier alpha value is -1.98. The molecule has 1 N–H and O–H groups in total. The van der Waals surface area contributed by atoms with Crippen molar-refractivity contribution in [1.29, 1.82) is 0 Å². The fourth-order valence-electron chi connectivity index (χ4n) is 3.05. The van der Waals surface area contributed by atoms with Crippen molar-refractivity contribution in [2.75, 3.05) is 32.1 Å². The lowest BCUT2D eigenvalue weighted by molar-refractivity contribution is -0.114. The zero-order valence-electron chi connectivity index (χ0n) is 13.7. The molecule has 0 aliphatic carbocycles. The fraction of sp³-hybridized carbons (Fsp3) is 0.444. The molecule has 3 rings (SSSR count). The zero-order chi connectivity index (χ0) is 16.2. The second-order valence-corrected chi connectivity index (χ2v) is 6.32. The zero-order valence-corrected chi connectivity index (χ0v) is 13.7. The highest BCUT2D eigenvalue weighted by Gasteiger charge is 2.17. The van der Waals surface area contributed by atoms with Crippen molar-refractivity contribution in [3.63, 3.8) is 0 Å². The largest absolute Gasteiger partial charge is 0.381 e. The van der Waals surface area contributed by atoms with Gasteiger partial charge in [0.05, 0.1) is 17.8 Å². The Kier molecular flexibility index (Phi) is 4.88. The number of amides is 1. The van der Waals surface area contributed by atoms with Gasteiger partial charge in [-0.3, -0.25) is 9.78 Å². The minimum absolute atomic E-state index is 0.0635. The first-order chi connectivity index (χ1) is 11.1. The topological polar surface area (TPSA) is 54.5 Å². The molecule has 0 saturated carbocycles. The smallest absolute Gasteiger partial charge is 0.221 e. The summed E-state index contributed by atoms with van der Waals surface area (Å²) in [5.41, 5.74) is 2.82. The summed E-state index contributed by atoms with van der Waals surface area (Å²) >= 11 is 0. The number of nitrogens with zero attached hydrogens (tertiary/aromatic N) is 2. The van der Waals surface area contributed by atoms with Gasteiger partial charge in [0.2, 0.25) is 5.91 Å². The molecular formula is C18H23N3O2. The summed E-state index contributed by atoms with van der Waals surface area (Å²) in [5.74, 6) is 0.576. The fourth-order valence-corrected chi connectivity index (χ4v) is 3.05. The number of benzene rings is 1. The van der Waals surface area contributed by atoms with E-state index in [1.165, 1.54) is 6.92 Å². The Labute approximate surface area is 136 Å². The second kappa shape index (κ2) is 7.06. The molecule has 2 heterocycles. The maximum absolute atomic E-state index is 11.1. The SMILES string of the molecule is CC(=O)Nc1ccc2nc(CN(C)CC3CCOC3)ccc2c1. The van der Waals surface area contributed by atoms with Crippen LogP contribution >= 0.6 is 0 Å². The first-order valence-corrected chi connectivity index (χ1v) is 8.04. The number of anilines is 1. The molecule has 1 atom stereocenters. The third-order valence-electron chi connectivity index (χ3n) is 4.09. The summed E-state index contributed by atoms with van der Waals surface area (Å²) in [4.78, 5) is 18.2. The quantitative estimate of drug-likeness (QED) is 0.922. The Bertz CT molecular complexity index is 696. The third-order valence-corrected chi connectivity index (χ3v) is 4.09. The number of hydrogen-bond acceptors (Lipinski definition) is 4. The molecule has 1 aromatic carbocycles. The molecule has 122 valence electrons. The highest BCUT2D eigenvalue weighted by atomic mass is 16.5. The van der Waals surface area contributed by atoms with Crippen LogP contribution in [0.1, 0.15) is 19.0 Å². The van der Waals surface area contributed by atoms with Gasteiger partial charge in [0, 0.05) is 37.7 Å². The summed E-state index contributed by atoms with van der Waals surface area (Å²) in [6, 6.07) is 9.92. The molecular weight excluding hydrogens is 290 g/mol. The van der Waals surface area contributed by atoms with Gasteiger partial charge in [-0.2, -0.15) is 0 Å². The van der Waals surface area contributed by atoms with Gasteiger partial charge in [-0.25, -0.2) is 0 Å². The van der Waals surface area contributed by atoms with Crippen LogP contribution in [0.2, 0.25) is 0 Å². The highest BCUT2D eigenvalue weighted by Crippen LogP contribution is 2.19. The van der Waals surface area contributed by atoms with Gasteiger partial charge >= 0.3 is 0 Å². The van der Waals surface area contributed by atoms with E-state index in [2.05, 4.69) is 29.4 Å². The van der Waals surface area contributed by atoms with Crippen LogP contribution in [-0.2, 0) is 16.1 Å². The van der Waals surface area contributed by atoms with Gasteiger partial charge in [0.25, 0.3) is 0 Å². The maximum atomic E-state index is 11.1. The molecule has 5 heteroatoms. The molecule has 1 aliphatic heterocycles. The molecule has 1 fully saturated rings. The highest BCUT2D eigenvalue weighted by molar-refractivity contribution is 5.92. The summed E-state index contributed by atoms with van der Waals surface area (Å²) in [6.07, 6.45) is 1.15. The van der Waals surface area contributed by atoms with Crippen molar-refractivity contribution in [1.82, 2.24) is 9.88 Å². The van der Waals surface area contributed by atoms with Gasteiger partial charge in [0.1, 0.15) is 0 Å². The van der Waals surface area contributed by atoms with Crippen LogP contribution in [0.15, 0.2) is 30.3 Å². The molecule has 0 bridgehead atoms. The number of ether oxygens (including phenoxy) is 1. The maximum Gasteiger partial charge on any atom is 0.221 e. The molecule has 1 aromatic heterocycles. The van der Waals surface area contributed by atoms with Crippen LogP contribution in [0.4, 0.5) is 5.69 Å². The van der Waals surface area contributed by atoms with E-state index in [-0.39, 0.29) is 5.91 Å². The second-order valence-electron chi connectivity index (χ2n) is 6.32. The molecule has 0 radical (unpaired) electrons. The predicted octanol–water partition coefficient (Wildman–Crippen LogP) is 2.66. The van der Waals surface area contributed by atoms with Gasteiger partial charge in [0.15, 0.2) is 0 Å². The van der Waals surface area contributed by atoms with Crippen LogP contribution < -0.4 is 5.32 Å². The van der Waals surface area contributed by atoms with Crippen LogP contribution in [0.5, 0.6) is 0 Å². The third kappa shape index (κ3) is 4.27. The summed E-state index contributed by atoms with van der Waals surface area (Å²) < 4.78 is 5.43. The molecule has 1 saturated heterocycles. The number of pyridine rings is 1. The first-order valence-electron chi connectivity index (χ1n) is 8.04. The number of fused-ring (bicyclic) bond motifs is 1. The van der Waals surface area contributed by atoms with E-state index >= 15 is 0 Å². The monoisotopic (exact) mass is 313 g/mol. The van der Waals surface area contributed by atoms with Crippen molar-refractivity contribution in [2.45, 2.75) is 19.9 Å². The average Bonchev–Trinajstić information content (AvgIpc) is 2.99. The molecule has 1 amide bonds. The molecule has 1 aliphatic rings. The van der Waals surface area contributed by atoms with E-state index in [0.29, 0.717) is 5.92 Å². The van der Waals surface area contributed by atoms with E-state index in [1.54, 1.807) is 0 Å². The molecule has 1 unspecified atom stereocenters. The number of rotatable bonds is 5. The van der Waals surface area contributed by atoms with E-state index in [0.717, 1.165) is 55.0 Å². The van der Waals surface area contributed by atoms with Gasteiger partial charge in [-0.15, -0.1) is 0 Å². The van der Waals surface area contributed by atoms with Crippen LogP contribution in [-0.4, -0.2) is 42.6 Å². The van der Waals surface area contributed by atoms with E-state index in [1.807, 2.05) is 18.2 Å². The minimum Gasteiger partial charge on any atom is -0.381 e. The number of carbonyl (C=O) groups is 1. The van der Waals surface area contributed by atoms with Crippen LogP contribution in [0.25, 0.3) is 10.9 Å². The molecule has 5 nitrogen and oxygen atoms in total. The van der Waals surface area contributed by atoms with Crippen molar-refractivity contribution in [3.05, 3.63) is 36.0 Å². The standard InChI is InChI=1S/C18H23N3O2/c1-13(22)19-16-5-6-18-15(9-16)3-4-17(20-18)11-21(2)10-14-7-8-23-12-14/h3-6,9,14H,7-8,10-12H2,1-2H3,(H,19,22). The van der Waals surface area contributed by atoms with E-state index in [4.69, 9.17) is 9.72 Å². The van der Waals surface area contributed by atoms with Gasteiger partial charge in [-0.05, 0) is 43.7 Å². The van der Waals surface area contributed by atoms with E-state index in [9.17, 15) is 4.79 Å². The predicted molar refractivity (Wildman–Crippen MR) is 91.3 cm³/mol. The first kappa shape index (κ1) is 15.9. The van der Waals surface area contributed by atoms with Crippen LogP contribution in [0.3, 0.4) is 0 Å². The van der Waals surface area contributed by atoms with Gasteiger partial charge < -0.3 is 15.0 Å². The van der Waals surface area contributed by atoms with E-state index < -0.39 is 0 Å². The Morgan fingerprint density at radius 2 is 2.26 bits per heavy atom. The minimum atomic E-state index is -0.0635. The average molecular weight is 313 g/mol. The summed E-state index contributed by atoms with van der Waals surface area (Å²) in [7, 11) is 2.13. The number of carbonyl (C=O) groups excluding carboxylic acids is 1. The van der Waals surface area contributed by atoms with Crippen molar-refractivity contribution < 1.29 is 9.53 Å². The Balaban J connectivity index is 1.68. The number of hydrogen-bond donors (Lipinski definition) is 1. The molecule has 23 heavy (non-hydrogen) atoms. The number of aromatic nitrogens is 1. The lowest BCUT2D eigenvalue weighted by Gasteiger charge is -2.19. The Morgan fingerprint density at radius 3 is 3.00 bits per heavy atom. The molecule has 2 aromatic rings. The molecule has 0 spiro atoms. The Morgan fingerprint density at radius 1 is 1.39 bits per heavy atom. The van der Waals surface area contributed by atoms with Crippen molar-refractivity contribution >= 4 is 22.5 Å². The normalized spacial score (nSPS) is 17.8. The lowest BCUT2D eigenvalue weighted by atomic mass is 10.1.